The minimum absolute atomic E-state index is 0.00262. The van der Waals surface area contributed by atoms with Crippen molar-refractivity contribution in [2.75, 3.05) is 19.6 Å². The van der Waals surface area contributed by atoms with Gasteiger partial charge in [0.25, 0.3) is 0 Å². The molecule has 0 aliphatic rings. The third-order valence-corrected chi connectivity index (χ3v) is 5.13. The van der Waals surface area contributed by atoms with Gasteiger partial charge in [0.15, 0.2) is 11.9 Å². The summed E-state index contributed by atoms with van der Waals surface area (Å²) in [6.45, 7) is 0.685. The van der Waals surface area contributed by atoms with Gasteiger partial charge >= 0.3 is 12.1 Å². The van der Waals surface area contributed by atoms with Gasteiger partial charge in [-0.1, -0.05) is 60.7 Å². The van der Waals surface area contributed by atoms with Crippen molar-refractivity contribution in [2.24, 2.45) is 32.9 Å². The van der Waals surface area contributed by atoms with E-state index in [1.54, 1.807) is 0 Å². The van der Waals surface area contributed by atoms with E-state index in [0.717, 1.165) is 11.1 Å². The van der Waals surface area contributed by atoms with Crippen LogP contribution in [0.15, 0.2) is 70.6 Å². The molecule has 0 aromatic heterocycles. The molecule has 36 heavy (non-hydrogen) atoms. The van der Waals surface area contributed by atoms with Gasteiger partial charge in [-0.3, -0.25) is 14.9 Å². The molecule has 0 unspecified atom stereocenters. The van der Waals surface area contributed by atoms with E-state index in [1.807, 2.05) is 60.7 Å². The van der Waals surface area contributed by atoms with E-state index in [0.29, 0.717) is 25.8 Å². The standard InChI is InChI=1S/C25H35N7O4/c26-23(27)30-14-8-7-13-21(22(33)35-17-19-9-3-1-4-10-19)32(16-15-31-24(28)29)25(34)36-18-20-11-5-2-6-12-20/h1-6,9-12,21H,7-8,13-18H2,(H4,26,27,30)(H4,28,29,31)/t21-/m1/s1. The minimum Gasteiger partial charge on any atom is -0.459 e. The number of benzene rings is 2. The van der Waals surface area contributed by atoms with E-state index in [1.165, 1.54) is 4.90 Å². The number of hydrogen-bond acceptors (Lipinski definition) is 6. The molecule has 0 aliphatic heterocycles. The second-order valence-corrected chi connectivity index (χ2v) is 7.95. The Hall–Kier alpha value is -4.28. The van der Waals surface area contributed by atoms with Gasteiger partial charge in [-0.25, -0.2) is 9.59 Å². The molecule has 0 aliphatic carbocycles. The molecule has 2 aromatic carbocycles. The van der Waals surface area contributed by atoms with E-state index in [2.05, 4.69) is 9.98 Å². The molecule has 8 N–H and O–H groups in total. The van der Waals surface area contributed by atoms with Crippen LogP contribution in [0.5, 0.6) is 0 Å². The van der Waals surface area contributed by atoms with E-state index in [9.17, 15) is 9.59 Å². The highest BCUT2D eigenvalue weighted by Gasteiger charge is 2.32. The summed E-state index contributed by atoms with van der Waals surface area (Å²) in [5.41, 5.74) is 23.3. The molecule has 0 fully saturated rings. The van der Waals surface area contributed by atoms with E-state index in [-0.39, 0.29) is 38.2 Å². The van der Waals surface area contributed by atoms with Crippen LogP contribution in [0, 0.1) is 0 Å². The number of carbonyl (C=O) groups excluding carboxylic acids is 2. The maximum atomic E-state index is 13.2. The van der Waals surface area contributed by atoms with Gasteiger partial charge in [0.05, 0.1) is 6.54 Å². The SMILES string of the molecule is NC(N)=NCCCC[C@H](C(=O)OCc1ccccc1)N(CCN=C(N)N)C(=O)OCc1ccccc1. The Morgan fingerprint density at radius 2 is 1.28 bits per heavy atom. The smallest absolute Gasteiger partial charge is 0.410 e. The van der Waals surface area contributed by atoms with Gasteiger partial charge in [-0.2, -0.15) is 0 Å². The van der Waals surface area contributed by atoms with Crippen LogP contribution in [-0.2, 0) is 27.5 Å². The summed E-state index contributed by atoms with van der Waals surface area (Å²) in [5.74, 6) is -0.674. The lowest BCUT2D eigenvalue weighted by molar-refractivity contribution is -0.151. The molecule has 2 rings (SSSR count). The lowest BCUT2D eigenvalue weighted by Crippen LogP contribution is -2.47. The van der Waals surface area contributed by atoms with E-state index < -0.39 is 18.1 Å². The van der Waals surface area contributed by atoms with Crippen LogP contribution in [0.4, 0.5) is 4.79 Å². The Bertz CT molecular complexity index is 992. The molecular formula is C25H35N7O4. The molecule has 1 amide bonds. The Morgan fingerprint density at radius 1 is 0.750 bits per heavy atom. The number of rotatable bonds is 14. The van der Waals surface area contributed by atoms with Crippen LogP contribution < -0.4 is 22.9 Å². The first kappa shape index (κ1) is 28.0. The zero-order chi connectivity index (χ0) is 26.2. The van der Waals surface area contributed by atoms with Gasteiger partial charge in [0.2, 0.25) is 0 Å². The van der Waals surface area contributed by atoms with Crippen molar-refractivity contribution >= 4 is 24.0 Å². The Kier molecular flexibility index (Phi) is 12.1. The van der Waals surface area contributed by atoms with Crippen molar-refractivity contribution in [3.63, 3.8) is 0 Å². The number of nitrogens with two attached hydrogens (primary N) is 4. The number of guanidine groups is 2. The maximum absolute atomic E-state index is 13.2. The molecule has 0 spiro atoms. The summed E-state index contributed by atoms with van der Waals surface area (Å²) in [6.07, 6.45) is 0.819. The Morgan fingerprint density at radius 3 is 1.83 bits per heavy atom. The first-order chi connectivity index (χ1) is 17.4. The van der Waals surface area contributed by atoms with Crippen molar-refractivity contribution in [3.8, 4) is 0 Å². The van der Waals surface area contributed by atoms with Crippen molar-refractivity contribution in [1.82, 2.24) is 4.90 Å². The molecule has 11 nitrogen and oxygen atoms in total. The van der Waals surface area contributed by atoms with Crippen molar-refractivity contribution < 1.29 is 19.1 Å². The minimum atomic E-state index is -0.912. The molecule has 194 valence electrons. The lowest BCUT2D eigenvalue weighted by atomic mass is 10.1. The monoisotopic (exact) mass is 497 g/mol. The summed E-state index contributed by atoms with van der Waals surface area (Å²) in [7, 11) is 0. The molecular weight excluding hydrogens is 462 g/mol. The fourth-order valence-electron chi connectivity index (χ4n) is 3.35. The normalized spacial score (nSPS) is 11.1. The molecule has 0 radical (unpaired) electrons. The van der Waals surface area contributed by atoms with Gasteiger partial charge < -0.3 is 32.4 Å². The van der Waals surface area contributed by atoms with Crippen molar-refractivity contribution in [1.29, 1.82) is 0 Å². The summed E-state index contributed by atoms with van der Waals surface area (Å²) in [5, 5.41) is 0. The second kappa shape index (κ2) is 15.6. The van der Waals surface area contributed by atoms with Crippen LogP contribution in [0.2, 0.25) is 0 Å². The largest absolute Gasteiger partial charge is 0.459 e. The predicted octanol–water partition coefficient (Wildman–Crippen LogP) is 1.45. The average Bonchev–Trinajstić information content (AvgIpc) is 2.87. The summed E-state index contributed by atoms with van der Waals surface area (Å²) < 4.78 is 11.1. The quantitative estimate of drug-likeness (QED) is 0.131. The molecule has 2 aromatic rings. The number of ether oxygens (including phenoxy) is 2. The number of amides is 1. The summed E-state index contributed by atoms with van der Waals surface area (Å²) in [4.78, 5) is 35.5. The first-order valence-corrected chi connectivity index (χ1v) is 11.7. The molecule has 1 atom stereocenters. The zero-order valence-electron chi connectivity index (χ0n) is 20.3. The second-order valence-electron chi connectivity index (χ2n) is 7.95. The average molecular weight is 498 g/mol. The van der Waals surface area contributed by atoms with Gasteiger partial charge in [0, 0.05) is 13.1 Å². The summed E-state index contributed by atoms with van der Waals surface area (Å²) in [6, 6.07) is 17.6. The Balaban J connectivity index is 2.16. The highest BCUT2D eigenvalue weighted by Crippen LogP contribution is 2.15. The maximum Gasteiger partial charge on any atom is 0.410 e. The number of nitrogens with zero attached hydrogens (tertiary/aromatic N) is 3. The van der Waals surface area contributed by atoms with Crippen LogP contribution in [0.1, 0.15) is 30.4 Å². The van der Waals surface area contributed by atoms with Crippen molar-refractivity contribution in [3.05, 3.63) is 71.8 Å². The zero-order valence-corrected chi connectivity index (χ0v) is 20.3. The fourth-order valence-corrected chi connectivity index (χ4v) is 3.35. The van der Waals surface area contributed by atoms with E-state index >= 15 is 0 Å². The molecule has 11 heteroatoms. The third-order valence-electron chi connectivity index (χ3n) is 5.13. The van der Waals surface area contributed by atoms with Crippen LogP contribution in [-0.4, -0.2) is 54.6 Å². The Labute approximate surface area is 211 Å². The van der Waals surface area contributed by atoms with E-state index in [4.69, 9.17) is 32.4 Å². The fraction of sp³-hybridized carbons (Fsp3) is 0.360. The van der Waals surface area contributed by atoms with Crippen molar-refractivity contribution in [2.45, 2.75) is 38.5 Å². The number of esters is 1. The third kappa shape index (κ3) is 10.8. The van der Waals surface area contributed by atoms with Crippen LogP contribution in [0.25, 0.3) is 0 Å². The molecule has 0 heterocycles. The number of hydrogen-bond donors (Lipinski definition) is 4. The molecule has 0 saturated carbocycles. The van der Waals surface area contributed by atoms with Gasteiger partial charge in [-0.15, -0.1) is 0 Å². The predicted molar refractivity (Wildman–Crippen MR) is 139 cm³/mol. The summed E-state index contributed by atoms with van der Waals surface area (Å²) >= 11 is 0. The molecule has 0 saturated heterocycles. The van der Waals surface area contributed by atoms with Crippen LogP contribution >= 0.6 is 0 Å². The number of aliphatic imine (C=N–C) groups is 2. The topological polar surface area (TPSA) is 185 Å². The van der Waals surface area contributed by atoms with Gasteiger partial charge in [0.1, 0.15) is 19.3 Å². The number of carbonyl (C=O) groups is 2. The van der Waals surface area contributed by atoms with Gasteiger partial charge in [-0.05, 0) is 30.4 Å². The van der Waals surface area contributed by atoms with Crippen LogP contribution in [0.3, 0.4) is 0 Å². The highest BCUT2D eigenvalue weighted by molar-refractivity contribution is 5.81. The number of unbranched alkanes of at least 4 members (excludes halogenated alkanes) is 1. The molecule has 0 bridgehead atoms. The lowest BCUT2D eigenvalue weighted by Gasteiger charge is -2.29. The first-order valence-electron chi connectivity index (χ1n) is 11.7. The highest BCUT2D eigenvalue weighted by atomic mass is 16.6.